The predicted octanol–water partition coefficient (Wildman–Crippen LogP) is 4.39. The van der Waals surface area contributed by atoms with E-state index in [1.807, 2.05) is 12.1 Å². The number of piperidine rings is 1. The van der Waals surface area contributed by atoms with Crippen LogP contribution in [0.4, 0.5) is 10.1 Å². The third-order valence-electron chi connectivity index (χ3n) is 5.35. The van der Waals surface area contributed by atoms with Gasteiger partial charge in [0.25, 0.3) is 5.91 Å². The molecule has 2 aromatic carbocycles. The molecule has 0 aliphatic carbocycles. The lowest BCUT2D eigenvalue weighted by Gasteiger charge is -2.34. The fraction of sp³-hybridized carbons (Fsp3) is 0.217. The van der Waals surface area contributed by atoms with Crippen LogP contribution in [0.1, 0.15) is 41.2 Å². The van der Waals surface area contributed by atoms with Crippen molar-refractivity contribution in [2.45, 2.75) is 30.2 Å². The molecule has 1 amide bonds. The molecule has 4 rings (SSSR count). The third-order valence-corrected chi connectivity index (χ3v) is 7.27. The number of rotatable bonds is 5. The van der Waals surface area contributed by atoms with Crippen molar-refractivity contribution in [3.63, 3.8) is 0 Å². The van der Waals surface area contributed by atoms with E-state index in [0.29, 0.717) is 17.8 Å². The first kappa shape index (κ1) is 21.1. The first-order valence-electron chi connectivity index (χ1n) is 10.0. The van der Waals surface area contributed by atoms with Crippen molar-refractivity contribution in [2.24, 2.45) is 0 Å². The predicted molar refractivity (Wildman–Crippen MR) is 116 cm³/mol. The molecule has 31 heavy (non-hydrogen) atoms. The summed E-state index contributed by atoms with van der Waals surface area (Å²) in [6.07, 6.45) is 5.90. The van der Waals surface area contributed by atoms with Gasteiger partial charge in [-0.1, -0.05) is 12.5 Å². The Morgan fingerprint density at radius 2 is 1.77 bits per heavy atom. The van der Waals surface area contributed by atoms with Crippen LogP contribution in [-0.2, 0) is 10.0 Å². The highest BCUT2D eigenvalue weighted by Gasteiger charge is 2.34. The molecule has 8 heteroatoms. The van der Waals surface area contributed by atoms with Gasteiger partial charge in [0.15, 0.2) is 0 Å². The molecule has 3 aromatic rings. The van der Waals surface area contributed by atoms with Crippen molar-refractivity contribution in [1.82, 2.24) is 9.29 Å². The molecular weight excluding hydrogens is 417 g/mol. The smallest absolute Gasteiger partial charge is 0.255 e. The van der Waals surface area contributed by atoms with Crippen LogP contribution in [0.15, 0.2) is 78.0 Å². The number of carbonyl (C=O) groups excluding carboxylic acids is 1. The van der Waals surface area contributed by atoms with Gasteiger partial charge in [-0.05, 0) is 73.0 Å². The lowest BCUT2D eigenvalue weighted by atomic mass is 9.99. The van der Waals surface area contributed by atoms with Gasteiger partial charge in [-0.3, -0.25) is 9.78 Å². The monoisotopic (exact) mass is 439 g/mol. The fourth-order valence-electron chi connectivity index (χ4n) is 3.75. The average molecular weight is 440 g/mol. The quantitative estimate of drug-likeness (QED) is 0.640. The topological polar surface area (TPSA) is 79.4 Å². The first-order chi connectivity index (χ1) is 14.9. The zero-order valence-corrected chi connectivity index (χ0v) is 17.6. The Bertz CT molecular complexity index is 1150. The van der Waals surface area contributed by atoms with Crippen LogP contribution in [0.3, 0.4) is 0 Å². The summed E-state index contributed by atoms with van der Waals surface area (Å²) in [5.74, 6) is -0.823. The molecule has 2 heterocycles. The lowest BCUT2D eigenvalue weighted by Crippen LogP contribution is -2.38. The number of hydrogen-bond donors (Lipinski definition) is 1. The number of nitrogens with zero attached hydrogens (tertiary/aromatic N) is 2. The molecule has 1 aromatic heterocycles. The Balaban J connectivity index is 1.53. The van der Waals surface area contributed by atoms with E-state index in [1.165, 1.54) is 36.4 Å². The van der Waals surface area contributed by atoms with Crippen LogP contribution >= 0.6 is 0 Å². The minimum Gasteiger partial charge on any atom is -0.322 e. The second kappa shape index (κ2) is 8.95. The molecule has 0 unspecified atom stereocenters. The van der Waals surface area contributed by atoms with Crippen LogP contribution in [0.2, 0.25) is 0 Å². The lowest BCUT2D eigenvalue weighted by molar-refractivity contribution is 0.102. The van der Waals surface area contributed by atoms with Gasteiger partial charge in [-0.15, -0.1) is 0 Å². The van der Waals surface area contributed by atoms with E-state index in [0.717, 1.165) is 24.8 Å². The number of anilines is 1. The second-order valence-corrected chi connectivity index (χ2v) is 9.29. The average Bonchev–Trinajstić information content (AvgIpc) is 2.80. The summed E-state index contributed by atoms with van der Waals surface area (Å²) in [6, 6.07) is 14.8. The van der Waals surface area contributed by atoms with Gasteiger partial charge in [-0.2, -0.15) is 4.31 Å². The van der Waals surface area contributed by atoms with E-state index in [4.69, 9.17) is 0 Å². The zero-order valence-electron chi connectivity index (χ0n) is 16.7. The highest BCUT2D eigenvalue weighted by molar-refractivity contribution is 7.89. The van der Waals surface area contributed by atoms with Crippen molar-refractivity contribution in [3.8, 4) is 0 Å². The molecule has 160 valence electrons. The highest BCUT2D eigenvalue weighted by atomic mass is 32.2. The van der Waals surface area contributed by atoms with Gasteiger partial charge < -0.3 is 5.32 Å². The molecule has 1 atom stereocenters. The number of pyridine rings is 1. The number of sulfonamides is 1. The number of aromatic nitrogens is 1. The van der Waals surface area contributed by atoms with Gasteiger partial charge in [-0.25, -0.2) is 12.8 Å². The largest absolute Gasteiger partial charge is 0.322 e. The third kappa shape index (κ3) is 4.65. The summed E-state index contributed by atoms with van der Waals surface area (Å²) in [4.78, 5) is 16.6. The van der Waals surface area contributed by atoms with E-state index < -0.39 is 21.7 Å². The van der Waals surface area contributed by atoms with Crippen molar-refractivity contribution in [1.29, 1.82) is 0 Å². The molecule has 0 radical (unpaired) electrons. The number of halogens is 1. The minimum atomic E-state index is -3.71. The SMILES string of the molecule is O=C(Nc1ccc(S(=O)(=O)N2CCCC[C@H]2c2cccnc2)cc1)c1ccc(F)cc1. The highest BCUT2D eigenvalue weighted by Crippen LogP contribution is 2.35. The van der Waals surface area contributed by atoms with Crippen molar-refractivity contribution < 1.29 is 17.6 Å². The van der Waals surface area contributed by atoms with Crippen LogP contribution in [-0.4, -0.2) is 30.2 Å². The van der Waals surface area contributed by atoms with Gasteiger partial charge in [0, 0.05) is 30.2 Å². The summed E-state index contributed by atoms with van der Waals surface area (Å²) in [6.45, 7) is 0.449. The first-order valence-corrected chi connectivity index (χ1v) is 11.5. The van der Waals surface area contributed by atoms with E-state index in [-0.39, 0.29) is 10.9 Å². The van der Waals surface area contributed by atoms with Crippen LogP contribution < -0.4 is 5.32 Å². The number of carbonyl (C=O) groups is 1. The Morgan fingerprint density at radius 3 is 2.45 bits per heavy atom. The summed E-state index contributed by atoms with van der Waals surface area (Å²) in [5.41, 5.74) is 1.65. The maximum absolute atomic E-state index is 13.3. The summed E-state index contributed by atoms with van der Waals surface area (Å²) in [5, 5.41) is 2.69. The molecule has 1 fully saturated rings. The molecule has 0 spiro atoms. The van der Waals surface area contributed by atoms with Crippen LogP contribution in [0.25, 0.3) is 0 Å². The molecule has 1 aliphatic rings. The number of amides is 1. The number of benzene rings is 2. The Morgan fingerprint density at radius 1 is 1.03 bits per heavy atom. The second-order valence-electron chi connectivity index (χ2n) is 7.40. The fourth-order valence-corrected chi connectivity index (χ4v) is 5.43. The minimum absolute atomic E-state index is 0.170. The van der Waals surface area contributed by atoms with Gasteiger partial charge in [0.05, 0.1) is 10.9 Å². The van der Waals surface area contributed by atoms with Crippen LogP contribution in [0, 0.1) is 5.82 Å². The standard InChI is InChI=1S/C23H22FN3O3S/c24-19-8-6-17(7-9-19)23(28)26-20-10-12-21(13-11-20)31(29,30)27-15-2-1-5-22(27)18-4-3-14-25-16-18/h3-4,6-14,16,22H,1-2,5,15H2,(H,26,28)/t22-/m0/s1. The van der Waals surface area contributed by atoms with E-state index >= 15 is 0 Å². The molecule has 1 saturated heterocycles. The van der Waals surface area contributed by atoms with E-state index in [9.17, 15) is 17.6 Å². The normalized spacial score (nSPS) is 17.3. The van der Waals surface area contributed by atoms with Gasteiger partial charge in [0.2, 0.25) is 10.0 Å². The Hall–Kier alpha value is -3.10. The van der Waals surface area contributed by atoms with E-state index in [2.05, 4.69) is 10.3 Å². The number of nitrogens with one attached hydrogen (secondary N) is 1. The van der Waals surface area contributed by atoms with Crippen molar-refractivity contribution >= 4 is 21.6 Å². The Labute approximate surface area is 180 Å². The molecule has 6 nitrogen and oxygen atoms in total. The summed E-state index contributed by atoms with van der Waals surface area (Å²) >= 11 is 0. The van der Waals surface area contributed by atoms with Crippen molar-refractivity contribution in [3.05, 3.63) is 90.0 Å². The van der Waals surface area contributed by atoms with Gasteiger partial charge >= 0.3 is 0 Å². The molecular formula is C23H22FN3O3S. The summed E-state index contributed by atoms with van der Waals surface area (Å²) in [7, 11) is -3.71. The maximum Gasteiger partial charge on any atom is 0.255 e. The maximum atomic E-state index is 13.3. The number of hydrogen-bond acceptors (Lipinski definition) is 4. The van der Waals surface area contributed by atoms with E-state index in [1.54, 1.807) is 28.8 Å². The molecule has 0 bridgehead atoms. The van der Waals surface area contributed by atoms with Gasteiger partial charge in [0.1, 0.15) is 5.82 Å². The summed E-state index contributed by atoms with van der Waals surface area (Å²) < 4.78 is 41.2. The Kier molecular flexibility index (Phi) is 6.11. The zero-order chi connectivity index (χ0) is 21.8. The molecule has 1 aliphatic heterocycles. The van der Waals surface area contributed by atoms with Crippen LogP contribution in [0.5, 0.6) is 0 Å². The van der Waals surface area contributed by atoms with Crippen molar-refractivity contribution in [2.75, 3.05) is 11.9 Å². The molecule has 1 N–H and O–H groups in total. The molecule has 0 saturated carbocycles.